The normalized spacial score (nSPS) is 10.7. The largest absolute Gasteiger partial charge is 0.493 e. The monoisotopic (exact) mass is 389 g/mol. The molecule has 3 heteroatoms. The molecule has 0 bridgehead atoms. The maximum absolute atomic E-state index is 6.04. The molecule has 1 N–H and O–H groups in total. The topological polar surface area (TPSA) is 30.5 Å². The molecule has 0 aliphatic heterocycles. The smallest absolute Gasteiger partial charge is 0.142 e. The molecule has 0 atom stereocenters. The standard InChI is InChI=1S/C26H31NO2/c1-21(2)20-29-24-16-14-23(15-17-24)19-27-25-12-6-7-13-26(25)28-18-8-11-22-9-4-3-5-10-22/h3-7,9-10,12-17,21,27H,8,11,18-20H2,1-2H3. The second kappa shape index (κ2) is 11.2. The maximum Gasteiger partial charge on any atom is 0.142 e. The Labute approximate surface area is 174 Å². The number of aryl methyl sites for hydroxylation is 1. The highest BCUT2D eigenvalue weighted by atomic mass is 16.5. The van der Waals surface area contributed by atoms with Gasteiger partial charge >= 0.3 is 0 Å². The number of rotatable bonds is 11. The number of ether oxygens (including phenoxy) is 2. The SMILES string of the molecule is CC(C)COc1ccc(CNc2ccccc2OCCCc2ccccc2)cc1. The Morgan fingerprint density at radius 2 is 1.48 bits per heavy atom. The zero-order valence-corrected chi connectivity index (χ0v) is 17.4. The second-order valence-corrected chi connectivity index (χ2v) is 7.64. The van der Waals surface area contributed by atoms with Crippen molar-refractivity contribution in [3.8, 4) is 11.5 Å². The molecule has 0 unspecified atom stereocenters. The Bertz CT molecular complexity index is 844. The van der Waals surface area contributed by atoms with Crippen molar-refractivity contribution in [2.75, 3.05) is 18.5 Å². The first-order valence-electron chi connectivity index (χ1n) is 10.4. The first kappa shape index (κ1) is 20.8. The minimum absolute atomic E-state index is 0.528. The highest BCUT2D eigenvalue weighted by Crippen LogP contribution is 2.25. The molecule has 3 aromatic carbocycles. The van der Waals surface area contributed by atoms with E-state index in [-0.39, 0.29) is 0 Å². The van der Waals surface area contributed by atoms with Gasteiger partial charge in [-0.2, -0.15) is 0 Å². The lowest BCUT2D eigenvalue weighted by molar-refractivity contribution is 0.271. The fraction of sp³-hybridized carbons (Fsp3) is 0.308. The lowest BCUT2D eigenvalue weighted by Crippen LogP contribution is -2.05. The Kier molecular flexibility index (Phi) is 8.00. The third-order valence-electron chi connectivity index (χ3n) is 4.59. The molecule has 0 fully saturated rings. The van der Waals surface area contributed by atoms with Crippen molar-refractivity contribution in [1.82, 2.24) is 0 Å². The van der Waals surface area contributed by atoms with Gasteiger partial charge in [-0.05, 0) is 54.2 Å². The van der Waals surface area contributed by atoms with E-state index in [4.69, 9.17) is 9.47 Å². The van der Waals surface area contributed by atoms with Crippen LogP contribution in [-0.2, 0) is 13.0 Å². The van der Waals surface area contributed by atoms with Crippen LogP contribution in [0.2, 0.25) is 0 Å². The van der Waals surface area contributed by atoms with E-state index in [0.29, 0.717) is 12.5 Å². The molecule has 3 rings (SSSR count). The third-order valence-corrected chi connectivity index (χ3v) is 4.59. The molecular formula is C26H31NO2. The first-order valence-corrected chi connectivity index (χ1v) is 10.4. The van der Waals surface area contributed by atoms with Crippen LogP contribution in [0.1, 0.15) is 31.4 Å². The van der Waals surface area contributed by atoms with Gasteiger partial charge < -0.3 is 14.8 Å². The van der Waals surface area contributed by atoms with Gasteiger partial charge in [0, 0.05) is 6.54 Å². The summed E-state index contributed by atoms with van der Waals surface area (Å²) in [5.74, 6) is 2.35. The summed E-state index contributed by atoms with van der Waals surface area (Å²) >= 11 is 0. The molecule has 0 saturated heterocycles. The Hall–Kier alpha value is -2.94. The van der Waals surface area contributed by atoms with Crippen molar-refractivity contribution in [3.05, 3.63) is 90.0 Å². The van der Waals surface area contributed by atoms with Crippen LogP contribution in [0.4, 0.5) is 5.69 Å². The van der Waals surface area contributed by atoms with Gasteiger partial charge in [-0.15, -0.1) is 0 Å². The minimum Gasteiger partial charge on any atom is -0.493 e. The van der Waals surface area contributed by atoms with Gasteiger partial charge in [-0.25, -0.2) is 0 Å². The van der Waals surface area contributed by atoms with E-state index < -0.39 is 0 Å². The van der Waals surface area contributed by atoms with Crippen LogP contribution < -0.4 is 14.8 Å². The van der Waals surface area contributed by atoms with Crippen LogP contribution in [0.3, 0.4) is 0 Å². The number of hydrogen-bond donors (Lipinski definition) is 1. The van der Waals surface area contributed by atoms with Crippen LogP contribution in [-0.4, -0.2) is 13.2 Å². The molecule has 0 heterocycles. The predicted octanol–water partition coefficient (Wildman–Crippen LogP) is 6.35. The van der Waals surface area contributed by atoms with Gasteiger partial charge in [0.2, 0.25) is 0 Å². The average molecular weight is 390 g/mol. The van der Waals surface area contributed by atoms with Gasteiger partial charge in [0.25, 0.3) is 0 Å². The third kappa shape index (κ3) is 7.19. The summed E-state index contributed by atoms with van der Waals surface area (Å²) in [6.07, 6.45) is 2.03. The summed E-state index contributed by atoms with van der Waals surface area (Å²) < 4.78 is 11.8. The van der Waals surface area contributed by atoms with Crippen molar-refractivity contribution < 1.29 is 9.47 Å². The predicted molar refractivity (Wildman–Crippen MR) is 121 cm³/mol. The zero-order valence-electron chi connectivity index (χ0n) is 17.4. The van der Waals surface area contributed by atoms with Gasteiger partial charge in [0.15, 0.2) is 0 Å². The second-order valence-electron chi connectivity index (χ2n) is 7.64. The summed E-state index contributed by atoms with van der Waals surface area (Å²) in [7, 11) is 0. The van der Waals surface area contributed by atoms with Crippen molar-refractivity contribution in [2.24, 2.45) is 5.92 Å². The van der Waals surface area contributed by atoms with Gasteiger partial charge in [0.05, 0.1) is 18.9 Å². The van der Waals surface area contributed by atoms with Crippen LogP contribution >= 0.6 is 0 Å². The van der Waals surface area contributed by atoms with Crippen LogP contribution in [0.15, 0.2) is 78.9 Å². The van der Waals surface area contributed by atoms with Crippen molar-refractivity contribution in [1.29, 1.82) is 0 Å². The van der Waals surface area contributed by atoms with Crippen molar-refractivity contribution >= 4 is 5.69 Å². The number of hydrogen-bond acceptors (Lipinski definition) is 3. The molecule has 152 valence electrons. The molecule has 0 aliphatic rings. The molecule has 0 spiro atoms. The minimum atomic E-state index is 0.528. The summed E-state index contributed by atoms with van der Waals surface area (Å²) in [5, 5.41) is 3.49. The van der Waals surface area contributed by atoms with E-state index in [1.807, 2.05) is 36.4 Å². The number of nitrogens with one attached hydrogen (secondary N) is 1. The van der Waals surface area contributed by atoms with Gasteiger partial charge in [-0.3, -0.25) is 0 Å². The summed E-state index contributed by atoms with van der Waals surface area (Å²) in [6, 6.07) is 26.9. The molecule has 0 aliphatic carbocycles. The molecule has 3 nitrogen and oxygen atoms in total. The molecule has 0 aromatic heterocycles. The van der Waals surface area contributed by atoms with Gasteiger partial charge in [0.1, 0.15) is 11.5 Å². The van der Waals surface area contributed by atoms with E-state index in [1.165, 1.54) is 11.1 Å². The fourth-order valence-corrected chi connectivity index (χ4v) is 3.01. The summed E-state index contributed by atoms with van der Waals surface area (Å²) in [4.78, 5) is 0. The average Bonchev–Trinajstić information content (AvgIpc) is 2.76. The van der Waals surface area contributed by atoms with E-state index >= 15 is 0 Å². The van der Waals surface area contributed by atoms with Crippen molar-refractivity contribution in [2.45, 2.75) is 33.2 Å². The molecular weight excluding hydrogens is 358 g/mol. The molecule has 3 aromatic rings. The van der Waals surface area contributed by atoms with E-state index in [0.717, 1.165) is 43.2 Å². The van der Waals surface area contributed by atoms with Crippen molar-refractivity contribution in [3.63, 3.8) is 0 Å². The van der Waals surface area contributed by atoms with E-state index in [2.05, 4.69) is 61.6 Å². The molecule has 0 saturated carbocycles. The fourth-order valence-electron chi connectivity index (χ4n) is 3.01. The highest BCUT2D eigenvalue weighted by molar-refractivity contribution is 5.56. The number of para-hydroxylation sites is 2. The zero-order chi connectivity index (χ0) is 20.3. The van der Waals surface area contributed by atoms with Crippen LogP contribution in [0.25, 0.3) is 0 Å². The lowest BCUT2D eigenvalue weighted by atomic mass is 10.1. The van der Waals surface area contributed by atoms with E-state index in [9.17, 15) is 0 Å². The number of anilines is 1. The van der Waals surface area contributed by atoms with Crippen LogP contribution in [0.5, 0.6) is 11.5 Å². The first-order chi connectivity index (χ1) is 14.2. The Morgan fingerprint density at radius 3 is 2.24 bits per heavy atom. The lowest BCUT2D eigenvalue weighted by Gasteiger charge is -2.14. The highest BCUT2D eigenvalue weighted by Gasteiger charge is 2.04. The Morgan fingerprint density at radius 1 is 0.759 bits per heavy atom. The number of benzene rings is 3. The molecule has 29 heavy (non-hydrogen) atoms. The molecule has 0 radical (unpaired) electrons. The molecule has 0 amide bonds. The maximum atomic E-state index is 6.04. The van der Waals surface area contributed by atoms with Crippen LogP contribution in [0, 0.1) is 5.92 Å². The summed E-state index contributed by atoms with van der Waals surface area (Å²) in [5.41, 5.74) is 3.58. The van der Waals surface area contributed by atoms with Gasteiger partial charge in [-0.1, -0.05) is 68.4 Å². The Balaban J connectivity index is 1.47. The quantitative estimate of drug-likeness (QED) is 0.388. The summed E-state index contributed by atoms with van der Waals surface area (Å²) in [6.45, 7) is 6.50. The van der Waals surface area contributed by atoms with E-state index in [1.54, 1.807) is 0 Å².